The minimum absolute atomic E-state index is 0.0139. The molecule has 0 aliphatic carbocycles. The average Bonchev–Trinajstić information content (AvgIpc) is 3.24. The molecule has 0 radical (unpaired) electrons. The molecule has 0 amide bonds. The zero-order valence-electron chi connectivity index (χ0n) is 18.5. The first kappa shape index (κ1) is 21.8. The summed E-state index contributed by atoms with van der Waals surface area (Å²) >= 11 is 12.2. The molecule has 4 nitrogen and oxygen atoms in total. The van der Waals surface area contributed by atoms with Crippen LogP contribution in [0.4, 0.5) is 0 Å². The molecule has 162 valence electrons. The van der Waals surface area contributed by atoms with Gasteiger partial charge in [-0.05, 0) is 80.9 Å². The van der Waals surface area contributed by atoms with Crippen LogP contribution in [-0.4, -0.2) is 26.1 Å². The van der Waals surface area contributed by atoms with Crippen molar-refractivity contribution in [1.82, 2.24) is 19.8 Å². The van der Waals surface area contributed by atoms with E-state index in [-0.39, 0.29) is 12.1 Å². The van der Waals surface area contributed by atoms with Crippen molar-refractivity contribution in [1.29, 1.82) is 0 Å². The lowest BCUT2D eigenvalue weighted by Crippen LogP contribution is -2.30. The highest BCUT2D eigenvalue weighted by atomic mass is 35.5. The smallest absolute Gasteiger partial charge is 0.170 e. The van der Waals surface area contributed by atoms with Crippen molar-refractivity contribution in [2.45, 2.75) is 52.6 Å². The second-order valence-electron chi connectivity index (χ2n) is 8.22. The summed E-state index contributed by atoms with van der Waals surface area (Å²) < 4.78 is 2.31. The number of nitrogens with one attached hydrogen (secondary N) is 1. The first-order chi connectivity index (χ1) is 14.9. The van der Waals surface area contributed by atoms with Crippen LogP contribution >= 0.6 is 23.8 Å². The zero-order valence-corrected chi connectivity index (χ0v) is 20.1. The van der Waals surface area contributed by atoms with Crippen LogP contribution in [0.2, 0.25) is 5.02 Å². The van der Waals surface area contributed by atoms with E-state index in [1.807, 2.05) is 30.5 Å². The number of hydrogen-bond donors (Lipinski definition) is 1. The van der Waals surface area contributed by atoms with Gasteiger partial charge in [0.25, 0.3) is 0 Å². The number of unbranched alkanes of at least 4 members (excludes halogenated alkanes) is 1. The van der Waals surface area contributed by atoms with E-state index in [1.54, 1.807) is 0 Å². The van der Waals surface area contributed by atoms with E-state index in [9.17, 15) is 0 Å². The summed E-state index contributed by atoms with van der Waals surface area (Å²) in [6, 6.07) is 14.6. The number of rotatable bonds is 6. The summed E-state index contributed by atoms with van der Waals surface area (Å²) in [6.07, 6.45) is 4.07. The van der Waals surface area contributed by atoms with Gasteiger partial charge in [-0.1, -0.05) is 37.1 Å². The lowest BCUT2D eigenvalue weighted by molar-refractivity contribution is 0.312. The zero-order chi connectivity index (χ0) is 22.1. The fourth-order valence-corrected chi connectivity index (χ4v) is 5.11. The topological polar surface area (TPSA) is 33.1 Å². The van der Waals surface area contributed by atoms with Gasteiger partial charge >= 0.3 is 0 Å². The molecule has 4 rings (SSSR count). The number of benzene rings is 1. The molecule has 2 atom stereocenters. The Morgan fingerprint density at radius 2 is 1.94 bits per heavy atom. The molecule has 1 fully saturated rings. The maximum absolute atomic E-state index is 6.45. The van der Waals surface area contributed by atoms with Gasteiger partial charge in [-0.25, -0.2) is 0 Å². The minimum Gasteiger partial charge on any atom is -0.352 e. The van der Waals surface area contributed by atoms with Crippen LogP contribution < -0.4 is 5.32 Å². The predicted molar refractivity (Wildman–Crippen MR) is 132 cm³/mol. The average molecular weight is 453 g/mol. The Morgan fingerprint density at radius 1 is 1.13 bits per heavy atom. The van der Waals surface area contributed by atoms with Crippen LogP contribution in [0, 0.1) is 20.8 Å². The SMILES string of the molecule is CCCCN1C(=S)N[C@H](c2ccccn2)[C@@H]1c1cc(C)n(-c2cccc(Cl)c2C)c1C. The number of nitrogens with zero attached hydrogens (tertiary/aromatic N) is 3. The van der Waals surface area contributed by atoms with Gasteiger partial charge in [0.1, 0.15) is 0 Å². The fourth-order valence-electron chi connectivity index (χ4n) is 4.61. The van der Waals surface area contributed by atoms with E-state index < -0.39 is 0 Å². The number of pyridine rings is 1. The molecule has 1 aliphatic rings. The van der Waals surface area contributed by atoms with Crippen LogP contribution in [0.3, 0.4) is 0 Å². The monoisotopic (exact) mass is 452 g/mol. The van der Waals surface area contributed by atoms with Crippen molar-refractivity contribution in [3.05, 3.63) is 81.9 Å². The molecule has 6 heteroatoms. The first-order valence-electron chi connectivity index (χ1n) is 10.9. The van der Waals surface area contributed by atoms with E-state index in [1.165, 1.54) is 17.0 Å². The molecule has 0 unspecified atom stereocenters. The largest absolute Gasteiger partial charge is 0.352 e. The minimum atomic E-state index is 0.0139. The van der Waals surface area contributed by atoms with Crippen molar-refractivity contribution < 1.29 is 0 Å². The second-order valence-corrected chi connectivity index (χ2v) is 9.01. The fraction of sp³-hybridized carbons (Fsp3) is 0.360. The van der Waals surface area contributed by atoms with Gasteiger partial charge in [0.2, 0.25) is 0 Å². The lowest BCUT2D eigenvalue weighted by atomic mass is 9.96. The van der Waals surface area contributed by atoms with Gasteiger partial charge in [-0.2, -0.15) is 0 Å². The normalized spacial score (nSPS) is 18.5. The Balaban J connectivity index is 1.84. The number of thiocarbonyl (C=S) groups is 1. The van der Waals surface area contributed by atoms with Gasteiger partial charge in [0, 0.05) is 34.8 Å². The molecular formula is C25H29ClN4S. The third-order valence-corrected chi connectivity index (χ3v) is 6.98. The number of aryl methyl sites for hydroxylation is 1. The van der Waals surface area contributed by atoms with Gasteiger partial charge in [0.15, 0.2) is 5.11 Å². The summed E-state index contributed by atoms with van der Waals surface area (Å²) in [5.41, 5.74) is 6.89. The maximum atomic E-state index is 6.45. The van der Waals surface area contributed by atoms with Crippen molar-refractivity contribution in [3.63, 3.8) is 0 Å². The van der Waals surface area contributed by atoms with Crippen molar-refractivity contribution in [3.8, 4) is 5.69 Å². The van der Waals surface area contributed by atoms with Crippen LogP contribution in [0.5, 0.6) is 0 Å². The molecule has 1 aromatic carbocycles. The molecule has 0 spiro atoms. The molecule has 3 heterocycles. The Hall–Kier alpha value is -2.37. The lowest BCUT2D eigenvalue weighted by Gasteiger charge is -2.28. The van der Waals surface area contributed by atoms with E-state index in [2.05, 4.69) is 65.7 Å². The Labute approximate surface area is 195 Å². The highest BCUT2D eigenvalue weighted by Crippen LogP contribution is 2.41. The van der Waals surface area contributed by atoms with Crippen LogP contribution in [0.1, 0.15) is 60.1 Å². The van der Waals surface area contributed by atoms with Gasteiger partial charge < -0.3 is 14.8 Å². The quantitative estimate of drug-likeness (QED) is 0.450. The maximum Gasteiger partial charge on any atom is 0.170 e. The number of halogens is 1. The first-order valence-corrected chi connectivity index (χ1v) is 11.6. The summed E-state index contributed by atoms with van der Waals surface area (Å²) in [5, 5.41) is 5.15. The molecular weight excluding hydrogens is 424 g/mol. The molecule has 1 N–H and O–H groups in total. The predicted octanol–water partition coefficient (Wildman–Crippen LogP) is 6.22. The number of aromatic nitrogens is 2. The van der Waals surface area contributed by atoms with Crippen molar-refractivity contribution in [2.24, 2.45) is 0 Å². The van der Waals surface area contributed by atoms with Crippen molar-refractivity contribution in [2.75, 3.05) is 6.54 Å². The molecule has 31 heavy (non-hydrogen) atoms. The van der Waals surface area contributed by atoms with Crippen LogP contribution in [0.25, 0.3) is 5.69 Å². The molecule has 0 bridgehead atoms. The highest BCUT2D eigenvalue weighted by molar-refractivity contribution is 7.80. The Kier molecular flexibility index (Phi) is 6.35. The summed E-state index contributed by atoms with van der Waals surface area (Å²) in [5.74, 6) is 0. The summed E-state index contributed by atoms with van der Waals surface area (Å²) in [4.78, 5) is 7.00. The standard InChI is InChI=1S/C25H29ClN4S/c1-5-6-14-29-24(23(28-25(29)31)21-11-7-8-13-27-21)19-15-16(2)30(18(19)4)22-12-9-10-20(26)17(22)3/h7-13,15,23-24H,5-6,14H2,1-4H3,(H,28,31)/t23-,24+/m1/s1. The van der Waals surface area contributed by atoms with Crippen molar-refractivity contribution >= 4 is 28.9 Å². The molecule has 1 saturated heterocycles. The number of hydrogen-bond acceptors (Lipinski definition) is 2. The van der Waals surface area contributed by atoms with E-state index in [0.717, 1.165) is 46.5 Å². The molecule has 1 aliphatic heterocycles. The van der Waals surface area contributed by atoms with E-state index >= 15 is 0 Å². The molecule has 2 aromatic heterocycles. The highest BCUT2D eigenvalue weighted by Gasteiger charge is 2.41. The third-order valence-electron chi connectivity index (χ3n) is 6.22. The van der Waals surface area contributed by atoms with E-state index in [0.29, 0.717) is 0 Å². The van der Waals surface area contributed by atoms with Crippen LogP contribution in [-0.2, 0) is 0 Å². The molecule has 3 aromatic rings. The third kappa shape index (κ3) is 3.97. The Bertz CT molecular complexity index is 1090. The van der Waals surface area contributed by atoms with Gasteiger partial charge in [-0.15, -0.1) is 0 Å². The molecule has 0 saturated carbocycles. The van der Waals surface area contributed by atoms with Gasteiger partial charge in [0.05, 0.1) is 17.8 Å². The summed E-state index contributed by atoms with van der Waals surface area (Å²) in [7, 11) is 0. The Morgan fingerprint density at radius 3 is 2.65 bits per heavy atom. The van der Waals surface area contributed by atoms with Gasteiger partial charge in [-0.3, -0.25) is 4.98 Å². The summed E-state index contributed by atoms with van der Waals surface area (Å²) in [6.45, 7) is 9.57. The van der Waals surface area contributed by atoms with Crippen LogP contribution in [0.15, 0.2) is 48.7 Å². The second kappa shape index (κ2) is 9.01. The van der Waals surface area contributed by atoms with E-state index in [4.69, 9.17) is 23.8 Å².